The number of carbonyl (C=O) groups is 1. The number of benzene rings is 1. The van der Waals surface area contributed by atoms with Gasteiger partial charge in [0.1, 0.15) is 11.3 Å². The maximum atomic E-state index is 13.8. The Labute approximate surface area is 113 Å². The largest absolute Gasteiger partial charge is 0.478 e. The van der Waals surface area contributed by atoms with E-state index in [1.165, 1.54) is 19.2 Å². The van der Waals surface area contributed by atoms with Gasteiger partial charge in [0, 0.05) is 23.8 Å². The Kier molecular flexibility index (Phi) is 3.68. The number of hydrogen-bond donors (Lipinski definition) is 1. The normalized spacial score (nSPS) is 10.9. The predicted octanol–water partition coefficient (Wildman–Crippen LogP) is 3.18. The Hall–Kier alpha value is -1.72. The fraction of sp³-hybridized carbons (Fsp3) is 0.231. The van der Waals surface area contributed by atoms with Crippen molar-refractivity contribution in [3.8, 4) is 0 Å². The van der Waals surface area contributed by atoms with E-state index >= 15 is 0 Å². The smallest absolute Gasteiger partial charge is 0.336 e. The summed E-state index contributed by atoms with van der Waals surface area (Å²) >= 11 is 5.99. The Bertz CT molecular complexity index is 673. The molecule has 0 fully saturated rings. The van der Waals surface area contributed by atoms with Crippen molar-refractivity contribution in [1.82, 2.24) is 4.98 Å². The average Bonchev–Trinajstić information content (AvgIpc) is 2.35. The lowest BCUT2D eigenvalue weighted by Gasteiger charge is -2.13. The molecule has 6 heteroatoms. The van der Waals surface area contributed by atoms with E-state index < -0.39 is 11.8 Å². The van der Waals surface area contributed by atoms with Gasteiger partial charge in [-0.05, 0) is 19.1 Å². The molecule has 0 spiro atoms. The van der Waals surface area contributed by atoms with Gasteiger partial charge < -0.3 is 9.84 Å². The monoisotopic (exact) mass is 283 g/mol. The third-order valence-corrected chi connectivity index (χ3v) is 3.16. The zero-order valence-corrected chi connectivity index (χ0v) is 11.1. The Balaban J connectivity index is 2.98. The molecule has 2 aromatic rings. The highest BCUT2D eigenvalue weighted by Crippen LogP contribution is 2.31. The lowest BCUT2D eigenvalue weighted by atomic mass is 10.0. The van der Waals surface area contributed by atoms with Crippen molar-refractivity contribution in [3.63, 3.8) is 0 Å². The molecule has 1 heterocycles. The first-order valence-electron chi connectivity index (χ1n) is 5.46. The van der Waals surface area contributed by atoms with Crippen LogP contribution in [-0.4, -0.2) is 23.2 Å². The van der Waals surface area contributed by atoms with Crippen molar-refractivity contribution in [2.45, 2.75) is 13.5 Å². The lowest BCUT2D eigenvalue weighted by Crippen LogP contribution is -2.09. The number of aromatic carboxylic acids is 1. The van der Waals surface area contributed by atoms with Gasteiger partial charge in [-0.2, -0.15) is 0 Å². The third kappa shape index (κ3) is 2.27. The Morgan fingerprint density at radius 3 is 2.79 bits per heavy atom. The van der Waals surface area contributed by atoms with Crippen LogP contribution in [0.2, 0.25) is 5.02 Å². The average molecular weight is 284 g/mol. The van der Waals surface area contributed by atoms with Crippen LogP contribution in [-0.2, 0) is 11.3 Å². The predicted molar refractivity (Wildman–Crippen MR) is 69.1 cm³/mol. The van der Waals surface area contributed by atoms with Crippen molar-refractivity contribution >= 4 is 28.5 Å². The molecule has 0 aliphatic rings. The second-order valence-electron chi connectivity index (χ2n) is 4.04. The highest BCUT2D eigenvalue weighted by molar-refractivity contribution is 6.36. The summed E-state index contributed by atoms with van der Waals surface area (Å²) in [4.78, 5) is 15.6. The number of pyridine rings is 1. The van der Waals surface area contributed by atoms with Crippen LogP contribution < -0.4 is 0 Å². The molecule has 0 atom stereocenters. The number of rotatable bonds is 3. The minimum atomic E-state index is -1.19. The summed E-state index contributed by atoms with van der Waals surface area (Å²) in [7, 11) is 1.45. The zero-order valence-electron chi connectivity index (χ0n) is 10.3. The fourth-order valence-corrected chi connectivity index (χ4v) is 2.26. The molecule has 0 radical (unpaired) electrons. The minimum absolute atomic E-state index is 0.0396. The number of methoxy groups -OCH3 is 1. The SMILES string of the molecule is COCc1c(C)nc2c(F)ccc(Cl)c2c1C(=O)O. The molecule has 1 N–H and O–H groups in total. The van der Waals surface area contributed by atoms with Gasteiger partial charge in [-0.25, -0.2) is 14.2 Å². The van der Waals surface area contributed by atoms with E-state index in [0.717, 1.165) is 0 Å². The van der Waals surface area contributed by atoms with E-state index in [2.05, 4.69) is 4.98 Å². The summed E-state index contributed by atoms with van der Waals surface area (Å²) < 4.78 is 18.7. The summed E-state index contributed by atoms with van der Waals surface area (Å²) in [6.45, 7) is 1.68. The number of carboxylic acid groups (broad SMARTS) is 1. The maximum Gasteiger partial charge on any atom is 0.336 e. The molecular formula is C13H11ClFNO3. The molecule has 2 rings (SSSR count). The molecule has 4 nitrogen and oxygen atoms in total. The summed E-state index contributed by atoms with van der Waals surface area (Å²) in [5.74, 6) is -1.79. The Morgan fingerprint density at radius 1 is 1.53 bits per heavy atom. The van der Waals surface area contributed by atoms with Gasteiger partial charge in [0.05, 0.1) is 17.2 Å². The van der Waals surface area contributed by atoms with Crippen molar-refractivity contribution in [2.24, 2.45) is 0 Å². The molecule has 0 saturated carbocycles. The van der Waals surface area contributed by atoms with E-state index in [1.54, 1.807) is 6.92 Å². The van der Waals surface area contributed by atoms with Crippen LogP contribution in [0.5, 0.6) is 0 Å². The van der Waals surface area contributed by atoms with Crippen LogP contribution in [0, 0.1) is 12.7 Å². The zero-order chi connectivity index (χ0) is 14.2. The van der Waals surface area contributed by atoms with Crippen LogP contribution >= 0.6 is 11.6 Å². The van der Waals surface area contributed by atoms with E-state index in [-0.39, 0.29) is 28.1 Å². The maximum absolute atomic E-state index is 13.8. The molecule has 1 aromatic heterocycles. The number of ether oxygens (including phenoxy) is 1. The second kappa shape index (κ2) is 5.11. The third-order valence-electron chi connectivity index (χ3n) is 2.85. The van der Waals surface area contributed by atoms with E-state index in [4.69, 9.17) is 16.3 Å². The topological polar surface area (TPSA) is 59.4 Å². The summed E-state index contributed by atoms with van der Waals surface area (Å²) in [5.41, 5.74) is 0.707. The van der Waals surface area contributed by atoms with Gasteiger partial charge in [0.15, 0.2) is 0 Å². The van der Waals surface area contributed by atoms with Gasteiger partial charge in [-0.3, -0.25) is 0 Å². The highest BCUT2D eigenvalue weighted by atomic mass is 35.5. The molecule has 0 aliphatic carbocycles. The molecule has 0 aliphatic heterocycles. The number of aryl methyl sites for hydroxylation is 1. The molecule has 1 aromatic carbocycles. The number of hydrogen-bond acceptors (Lipinski definition) is 3. The van der Waals surface area contributed by atoms with E-state index in [0.29, 0.717) is 11.3 Å². The van der Waals surface area contributed by atoms with Crippen molar-refractivity contribution in [3.05, 3.63) is 39.8 Å². The number of halogens is 2. The van der Waals surface area contributed by atoms with Gasteiger partial charge >= 0.3 is 5.97 Å². The summed E-state index contributed by atoms with van der Waals surface area (Å²) in [5, 5.41) is 9.62. The molecule has 0 bridgehead atoms. The van der Waals surface area contributed by atoms with Crippen LogP contribution in [0.15, 0.2) is 12.1 Å². The van der Waals surface area contributed by atoms with Crippen molar-refractivity contribution in [2.75, 3.05) is 7.11 Å². The van der Waals surface area contributed by atoms with Gasteiger partial charge in [0.25, 0.3) is 0 Å². The summed E-state index contributed by atoms with van der Waals surface area (Å²) in [6, 6.07) is 2.48. The van der Waals surface area contributed by atoms with Gasteiger partial charge in [-0.1, -0.05) is 11.6 Å². The van der Waals surface area contributed by atoms with Gasteiger partial charge in [-0.15, -0.1) is 0 Å². The van der Waals surface area contributed by atoms with Crippen LogP contribution in [0.4, 0.5) is 4.39 Å². The first kappa shape index (κ1) is 13.7. The fourth-order valence-electron chi connectivity index (χ4n) is 2.01. The minimum Gasteiger partial charge on any atom is -0.478 e. The highest BCUT2D eigenvalue weighted by Gasteiger charge is 2.22. The van der Waals surface area contributed by atoms with Crippen LogP contribution in [0.25, 0.3) is 10.9 Å². The van der Waals surface area contributed by atoms with Gasteiger partial charge in [0.2, 0.25) is 0 Å². The number of nitrogens with zero attached hydrogens (tertiary/aromatic N) is 1. The molecule has 0 saturated heterocycles. The number of fused-ring (bicyclic) bond motifs is 1. The Morgan fingerprint density at radius 2 is 2.21 bits per heavy atom. The molecule has 100 valence electrons. The van der Waals surface area contributed by atoms with E-state index in [9.17, 15) is 14.3 Å². The molecule has 0 amide bonds. The van der Waals surface area contributed by atoms with Crippen LogP contribution in [0.3, 0.4) is 0 Å². The number of carboxylic acids is 1. The first-order valence-corrected chi connectivity index (χ1v) is 5.84. The standard InChI is InChI=1S/C13H11ClFNO3/c1-6-7(5-19-2)10(13(17)18)11-8(14)3-4-9(15)12(11)16-6/h3-4H,5H2,1-2H3,(H,17,18). The molecule has 0 unspecified atom stereocenters. The van der Waals surface area contributed by atoms with Crippen molar-refractivity contribution in [1.29, 1.82) is 0 Å². The molecule has 19 heavy (non-hydrogen) atoms. The quantitative estimate of drug-likeness (QED) is 0.940. The van der Waals surface area contributed by atoms with E-state index in [1.807, 2.05) is 0 Å². The van der Waals surface area contributed by atoms with Crippen molar-refractivity contribution < 1.29 is 19.0 Å². The molecular weight excluding hydrogens is 273 g/mol. The lowest BCUT2D eigenvalue weighted by molar-refractivity contribution is 0.0693. The second-order valence-corrected chi connectivity index (χ2v) is 4.45. The summed E-state index contributed by atoms with van der Waals surface area (Å²) in [6.07, 6.45) is 0. The van der Waals surface area contributed by atoms with Crippen LogP contribution in [0.1, 0.15) is 21.6 Å². The first-order chi connectivity index (χ1) is 8.97. The number of aromatic nitrogens is 1.